The fourth-order valence-corrected chi connectivity index (χ4v) is 3.25. The number of aryl methyl sites for hydroxylation is 1. The van der Waals surface area contributed by atoms with Gasteiger partial charge in [-0.3, -0.25) is 25.1 Å². The maximum absolute atomic E-state index is 13.2. The number of phenolic OH excluding ortho intramolecular Hbond substituents is 1. The van der Waals surface area contributed by atoms with Crippen molar-refractivity contribution >= 4 is 30.1 Å². The van der Waals surface area contributed by atoms with E-state index in [0.29, 0.717) is 22.9 Å². The second-order valence-electron chi connectivity index (χ2n) is 7.23. The Bertz CT molecular complexity index is 1300. The van der Waals surface area contributed by atoms with E-state index in [9.17, 15) is 27.9 Å². The van der Waals surface area contributed by atoms with E-state index in [0.717, 1.165) is 12.4 Å². The summed E-state index contributed by atoms with van der Waals surface area (Å²) in [6, 6.07) is 7.47. The highest BCUT2D eigenvalue weighted by Gasteiger charge is 2.35. The number of nitrogens with zero attached hydrogens (tertiary/aromatic N) is 3. The molecular formula is C22H19F3N6O3. The number of hydrogen-bond donors (Lipinski definition) is 4. The van der Waals surface area contributed by atoms with Gasteiger partial charge in [-0.2, -0.15) is 18.3 Å². The van der Waals surface area contributed by atoms with Crippen LogP contribution in [0.2, 0.25) is 0 Å². The second-order valence-corrected chi connectivity index (χ2v) is 7.23. The zero-order chi connectivity index (χ0) is 25.2. The van der Waals surface area contributed by atoms with E-state index in [1.165, 1.54) is 41.0 Å². The predicted molar refractivity (Wildman–Crippen MR) is 118 cm³/mol. The van der Waals surface area contributed by atoms with Crippen LogP contribution in [0, 0.1) is 10.8 Å². The number of carbonyl (C=O) groups is 2. The Balaban J connectivity index is 2.00. The number of aromatic nitrogens is 2. The van der Waals surface area contributed by atoms with E-state index in [1.54, 1.807) is 13.1 Å². The first-order valence-corrected chi connectivity index (χ1v) is 9.63. The summed E-state index contributed by atoms with van der Waals surface area (Å²) < 4.78 is 41.1. The number of anilines is 1. The first-order valence-electron chi connectivity index (χ1n) is 9.63. The van der Waals surface area contributed by atoms with Gasteiger partial charge in [0, 0.05) is 30.8 Å². The summed E-state index contributed by atoms with van der Waals surface area (Å²) in [7, 11) is 3.15. The number of halogens is 3. The third-order valence-electron chi connectivity index (χ3n) is 4.96. The van der Waals surface area contributed by atoms with Crippen LogP contribution in [0.1, 0.15) is 31.8 Å². The Kier molecular flexibility index (Phi) is 6.52. The molecule has 34 heavy (non-hydrogen) atoms. The van der Waals surface area contributed by atoms with Crippen molar-refractivity contribution in [1.29, 1.82) is 10.8 Å². The minimum Gasteiger partial charge on any atom is -0.505 e. The highest BCUT2D eigenvalue weighted by atomic mass is 19.4. The minimum atomic E-state index is -4.94. The average Bonchev–Trinajstić information content (AvgIpc) is 3.19. The zero-order valence-corrected chi connectivity index (χ0v) is 17.9. The average molecular weight is 472 g/mol. The highest BCUT2D eigenvalue weighted by molar-refractivity contribution is 6.08. The smallest absolute Gasteiger partial charge is 0.420 e. The number of amides is 1. The molecule has 0 aliphatic carbocycles. The Labute approximate surface area is 191 Å². The maximum Gasteiger partial charge on any atom is 0.420 e. The molecule has 0 aliphatic rings. The van der Waals surface area contributed by atoms with Gasteiger partial charge in [-0.25, -0.2) is 0 Å². The molecule has 3 rings (SSSR count). The molecule has 0 saturated carbocycles. The maximum atomic E-state index is 13.2. The van der Waals surface area contributed by atoms with Gasteiger partial charge in [-0.15, -0.1) is 0 Å². The van der Waals surface area contributed by atoms with Crippen molar-refractivity contribution in [2.24, 2.45) is 7.05 Å². The lowest BCUT2D eigenvalue weighted by Crippen LogP contribution is -2.25. The zero-order valence-electron chi connectivity index (χ0n) is 17.9. The Morgan fingerprint density at radius 1 is 1.26 bits per heavy atom. The molecule has 0 fully saturated rings. The lowest BCUT2D eigenvalue weighted by Gasteiger charge is -2.16. The van der Waals surface area contributed by atoms with E-state index in [-0.39, 0.29) is 23.2 Å². The topological polar surface area (TPSA) is 135 Å². The molecule has 1 amide bonds. The molecule has 0 saturated heterocycles. The van der Waals surface area contributed by atoms with Crippen molar-refractivity contribution in [1.82, 2.24) is 14.7 Å². The summed E-state index contributed by atoms with van der Waals surface area (Å²) in [5.74, 6) is -2.05. The van der Waals surface area contributed by atoms with Crippen LogP contribution < -0.4 is 5.32 Å². The van der Waals surface area contributed by atoms with Gasteiger partial charge >= 0.3 is 6.18 Å². The Morgan fingerprint density at radius 2 is 1.97 bits per heavy atom. The fourth-order valence-electron chi connectivity index (χ4n) is 3.25. The number of carbonyl (C=O) groups excluding carboxylic acids is 2. The van der Waals surface area contributed by atoms with Crippen molar-refractivity contribution in [3.8, 4) is 17.0 Å². The van der Waals surface area contributed by atoms with Crippen LogP contribution in [0.25, 0.3) is 11.3 Å². The summed E-state index contributed by atoms with van der Waals surface area (Å²) in [6.07, 6.45) is -2.37. The minimum absolute atomic E-state index is 0.0109. The van der Waals surface area contributed by atoms with E-state index in [4.69, 9.17) is 10.8 Å². The molecule has 0 bridgehead atoms. The van der Waals surface area contributed by atoms with Gasteiger partial charge in [0.15, 0.2) is 5.75 Å². The van der Waals surface area contributed by atoms with Gasteiger partial charge in [0.05, 0.1) is 29.5 Å². The van der Waals surface area contributed by atoms with Crippen molar-refractivity contribution < 1.29 is 27.9 Å². The van der Waals surface area contributed by atoms with Crippen LogP contribution in [0.4, 0.5) is 18.9 Å². The Morgan fingerprint density at radius 3 is 2.59 bits per heavy atom. The second kappa shape index (κ2) is 9.17. The number of aldehydes is 1. The number of aromatic hydroxyl groups is 1. The van der Waals surface area contributed by atoms with Crippen molar-refractivity contribution in [3.63, 3.8) is 0 Å². The van der Waals surface area contributed by atoms with Crippen molar-refractivity contribution in [3.05, 3.63) is 64.8 Å². The molecular weight excluding hydrogens is 453 g/mol. The van der Waals surface area contributed by atoms with Crippen molar-refractivity contribution in [2.45, 2.75) is 6.18 Å². The number of rotatable bonds is 6. The molecule has 3 aromatic rings. The van der Waals surface area contributed by atoms with Gasteiger partial charge in [0.1, 0.15) is 17.7 Å². The van der Waals surface area contributed by atoms with Gasteiger partial charge in [-0.05, 0) is 24.3 Å². The molecule has 0 aliphatic heterocycles. The molecule has 2 aromatic carbocycles. The van der Waals surface area contributed by atoms with E-state index >= 15 is 0 Å². The molecule has 12 heteroatoms. The molecule has 9 nitrogen and oxygen atoms in total. The van der Waals surface area contributed by atoms with E-state index in [2.05, 4.69) is 10.4 Å². The van der Waals surface area contributed by atoms with Crippen LogP contribution in [-0.2, 0) is 13.2 Å². The number of nitrogens with one attached hydrogen (secondary N) is 3. The molecule has 4 N–H and O–H groups in total. The number of hydrogen-bond acceptors (Lipinski definition) is 6. The molecule has 1 heterocycles. The third kappa shape index (κ3) is 4.65. The number of alkyl halides is 3. The molecule has 176 valence electrons. The summed E-state index contributed by atoms with van der Waals surface area (Å²) in [5, 5.41) is 32.0. The normalized spacial score (nSPS) is 11.1. The SMILES string of the molecule is CN(C=N)C(=N)c1cnn(C)c1-c1cccc(C(=O)Nc2cc(C=O)cc(C(F)(F)F)c2O)c1. The first kappa shape index (κ1) is 24.2. The lowest BCUT2D eigenvalue weighted by molar-refractivity contribution is -0.138. The molecule has 0 radical (unpaired) electrons. The molecule has 0 spiro atoms. The largest absolute Gasteiger partial charge is 0.505 e. The van der Waals surface area contributed by atoms with E-state index in [1.807, 2.05) is 0 Å². The van der Waals surface area contributed by atoms with Gasteiger partial charge in [-0.1, -0.05) is 12.1 Å². The van der Waals surface area contributed by atoms with E-state index < -0.39 is 29.1 Å². The standard InChI is InChI=1S/C22H19F3N6O3/c1-30(11-26)20(27)15-9-28-31(2)18(15)13-4-3-5-14(8-13)21(34)29-17-7-12(10-32)6-16(19(17)33)22(23,24)25/h3-11,26-27,33H,1-2H3,(H,29,34). The van der Waals surface area contributed by atoms with Crippen LogP contribution >= 0.6 is 0 Å². The molecule has 0 atom stereocenters. The molecule has 1 aromatic heterocycles. The molecule has 0 unspecified atom stereocenters. The number of amidine groups is 1. The van der Waals surface area contributed by atoms with Gasteiger partial charge in [0.2, 0.25) is 0 Å². The predicted octanol–water partition coefficient (Wildman–Crippen LogP) is 3.74. The highest BCUT2D eigenvalue weighted by Crippen LogP contribution is 2.40. The lowest BCUT2D eigenvalue weighted by atomic mass is 10.0. The fraction of sp³-hybridized carbons (Fsp3) is 0.136. The summed E-state index contributed by atoms with van der Waals surface area (Å²) >= 11 is 0. The number of benzene rings is 2. The first-order chi connectivity index (χ1) is 16.0. The van der Waals surface area contributed by atoms with Crippen LogP contribution in [0.5, 0.6) is 5.75 Å². The summed E-state index contributed by atoms with van der Waals surface area (Å²) in [5.41, 5.74) is -1.01. The van der Waals surface area contributed by atoms with Gasteiger partial charge < -0.3 is 15.3 Å². The number of phenols is 1. The third-order valence-corrected chi connectivity index (χ3v) is 4.96. The monoisotopic (exact) mass is 472 g/mol. The summed E-state index contributed by atoms with van der Waals surface area (Å²) in [4.78, 5) is 25.1. The summed E-state index contributed by atoms with van der Waals surface area (Å²) in [6.45, 7) is 0. The van der Waals surface area contributed by atoms with Crippen LogP contribution in [0.15, 0.2) is 42.6 Å². The van der Waals surface area contributed by atoms with Gasteiger partial charge in [0.25, 0.3) is 5.91 Å². The van der Waals surface area contributed by atoms with Crippen LogP contribution in [-0.4, -0.2) is 51.2 Å². The van der Waals surface area contributed by atoms with Crippen molar-refractivity contribution in [2.75, 3.05) is 12.4 Å². The Hall–Kier alpha value is -4.48. The quantitative estimate of drug-likeness (QED) is 0.188. The van der Waals surface area contributed by atoms with Crippen LogP contribution in [0.3, 0.4) is 0 Å².